The van der Waals surface area contributed by atoms with Crippen LogP contribution in [0.4, 0.5) is 5.69 Å². The average molecular weight is 354 g/mol. The summed E-state index contributed by atoms with van der Waals surface area (Å²) in [7, 11) is 3.88. The Kier molecular flexibility index (Phi) is 5.84. The van der Waals surface area contributed by atoms with Crippen LogP contribution in [0.5, 0.6) is 11.5 Å². The maximum atomic E-state index is 5.42. The molecule has 2 aromatic carbocycles. The molecule has 0 aromatic heterocycles. The number of guanidine groups is 1. The van der Waals surface area contributed by atoms with E-state index >= 15 is 0 Å². The van der Waals surface area contributed by atoms with Crippen molar-refractivity contribution in [3.63, 3.8) is 0 Å². The topological polar surface area (TPSA) is 58.1 Å². The summed E-state index contributed by atoms with van der Waals surface area (Å²) in [6.07, 6.45) is 0. The van der Waals surface area contributed by atoms with Crippen molar-refractivity contribution in [2.75, 3.05) is 32.3 Å². The first kappa shape index (κ1) is 17.9. The summed E-state index contributed by atoms with van der Waals surface area (Å²) in [4.78, 5) is 6.55. The Bertz CT molecular complexity index is 749. The van der Waals surface area contributed by atoms with Crippen molar-refractivity contribution < 1.29 is 9.47 Å². The van der Waals surface area contributed by atoms with Gasteiger partial charge in [-0.2, -0.15) is 0 Å². The molecule has 26 heavy (non-hydrogen) atoms. The van der Waals surface area contributed by atoms with Gasteiger partial charge in [-0.3, -0.25) is 4.99 Å². The first-order valence-electron chi connectivity index (χ1n) is 8.78. The van der Waals surface area contributed by atoms with Crippen molar-refractivity contribution in [3.8, 4) is 11.5 Å². The zero-order valence-electron chi connectivity index (χ0n) is 15.5. The highest BCUT2D eigenvalue weighted by molar-refractivity contribution is 5.79. The van der Waals surface area contributed by atoms with Crippen LogP contribution in [-0.4, -0.2) is 39.4 Å². The molecule has 1 aliphatic heterocycles. The molecule has 1 heterocycles. The molecule has 3 rings (SSSR count). The van der Waals surface area contributed by atoms with Crippen molar-refractivity contribution in [2.24, 2.45) is 4.99 Å². The maximum Gasteiger partial charge on any atom is 0.231 e. The molecule has 1 aliphatic rings. The number of fused-ring (bicyclic) bond motifs is 1. The summed E-state index contributed by atoms with van der Waals surface area (Å²) in [5, 5.41) is 6.72. The molecule has 2 aromatic rings. The standard InChI is InChI=1S/C20H26N4O2/c1-15(24(3)17-7-5-4-6-8-17)12-22-20(21-2)23-13-16-9-10-18-19(11-16)26-14-25-18/h4-11,15H,12-14H2,1-3H3,(H2,21,22,23). The molecule has 1 unspecified atom stereocenters. The lowest BCUT2D eigenvalue weighted by Crippen LogP contribution is -2.44. The van der Waals surface area contributed by atoms with Gasteiger partial charge in [0.25, 0.3) is 0 Å². The van der Waals surface area contributed by atoms with Crippen LogP contribution < -0.4 is 25.0 Å². The number of hydrogen-bond acceptors (Lipinski definition) is 4. The molecule has 0 aliphatic carbocycles. The smallest absolute Gasteiger partial charge is 0.231 e. The quantitative estimate of drug-likeness (QED) is 0.617. The van der Waals surface area contributed by atoms with Crippen LogP contribution in [0, 0.1) is 0 Å². The van der Waals surface area contributed by atoms with Crippen LogP contribution in [0.25, 0.3) is 0 Å². The van der Waals surface area contributed by atoms with Gasteiger partial charge in [-0.25, -0.2) is 0 Å². The average Bonchev–Trinajstić information content (AvgIpc) is 3.15. The predicted octanol–water partition coefficient (Wildman–Crippen LogP) is 2.61. The van der Waals surface area contributed by atoms with Crippen molar-refractivity contribution in [1.29, 1.82) is 0 Å². The van der Waals surface area contributed by atoms with E-state index < -0.39 is 0 Å². The normalized spacial score (nSPS) is 14.0. The van der Waals surface area contributed by atoms with Crippen molar-refractivity contribution >= 4 is 11.6 Å². The second kappa shape index (κ2) is 8.47. The monoisotopic (exact) mass is 354 g/mol. The van der Waals surface area contributed by atoms with Gasteiger partial charge in [0.1, 0.15) is 0 Å². The van der Waals surface area contributed by atoms with Gasteiger partial charge in [-0.05, 0) is 36.8 Å². The number of anilines is 1. The van der Waals surface area contributed by atoms with E-state index in [-0.39, 0.29) is 0 Å². The van der Waals surface area contributed by atoms with Crippen LogP contribution in [0.3, 0.4) is 0 Å². The summed E-state index contributed by atoms with van der Waals surface area (Å²) in [6, 6.07) is 16.6. The number of rotatable bonds is 6. The molecule has 0 amide bonds. The van der Waals surface area contributed by atoms with Crippen LogP contribution in [0.15, 0.2) is 53.5 Å². The molecular weight excluding hydrogens is 328 g/mol. The number of aliphatic imine (C=N–C) groups is 1. The molecule has 6 nitrogen and oxygen atoms in total. The summed E-state index contributed by atoms with van der Waals surface area (Å²) >= 11 is 0. The first-order valence-corrected chi connectivity index (χ1v) is 8.78. The second-order valence-corrected chi connectivity index (χ2v) is 6.29. The van der Waals surface area contributed by atoms with E-state index in [1.54, 1.807) is 7.05 Å². The molecule has 0 saturated heterocycles. The SMILES string of the molecule is CN=C(NCc1ccc2c(c1)OCO2)NCC(C)N(C)c1ccccc1. The highest BCUT2D eigenvalue weighted by Gasteiger charge is 2.14. The minimum atomic E-state index is 0.294. The lowest BCUT2D eigenvalue weighted by Gasteiger charge is -2.27. The maximum absolute atomic E-state index is 5.42. The highest BCUT2D eigenvalue weighted by atomic mass is 16.7. The van der Waals surface area contributed by atoms with Gasteiger partial charge in [-0.15, -0.1) is 0 Å². The van der Waals surface area contributed by atoms with Crippen molar-refractivity contribution in [3.05, 3.63) is 54.1 Å². The number of para-hydroxylation sites is 1. The molecule has 0 radical (unpaired) electrons. The fraction of sp³-hybridized carbons (Fsp3) is 0.350. The zero-order chi connectivity index (χ0) is 18.4. The van der Waals surface area contributed by atoms with Gasteiger partial charge in [-0.1, -0.05) is 24.3 Å². The Morgan fingerprint density at radius 3 is 2.65 bits per heavy atom. The third-order valence-corrected chi connectivity index (χ3v) is 4.51. The number of likely N-dealkylation sites (N-methyl/N-ethyl adjacent to an activating group) is 1. The molecule has 0 spiro atoms. The van der Waals surface area contributed by atoms with Gasteiger partial charge in [0.2, 0.25) is 6.79 Å². The minimum absolute atomic E-state index is 0.294. The number of benzene rings is 2. The number of nitrogens with one attached hydrogen (secondary N) is 2. The van der Waals surface area contributed by atoms with E-state index in [1.807, 2.05) is 24.3 Å². The van der Waals surface area contributed by atoms with E-state index in [1.165, 1.54) is 5.69 Å². The molecule has 1 atom stereocenters. The molecule has 138 valence electrons. The van der Waals surface area contributed by atoms with Gasteiger partial charge >= 0.3 is 0 Å². The van der Waals surface area contributed by atoms with Crippen LogP contribution in [-0.2, 0) is 6.54 Å². The first-order chi connectivity index (χ1) is 12.7. The Morgan fingerprint density at radius 1 is 1.12 bits per heavy atom. The molecule has 6 heteroatoms. The van der Waals surface area contributed by atoms with E-state index in [9.17, 15) is 0 Å². The summed E-state index contributed by atoms with van der Waals surface area (Å²) in [6.45, 7) is 3.93. The Labute approximate surface area is 154 Å². The predicted molar refractivity (Wildman–Crippen MR) is 105 cm³/mol. The van der Waals surface area contributed by atoms with Crippen LogP contribution in [0.2, 0.25) is 0 Å². The Morgan fingerprint density at radius 2 is 1.88 bits per heavy atom. The molecule has 2 N–H and O–H groups in total. The zero-order valence-corrected chi connectivity index (χ0v) is 15.5. The van der Waals surface area contributed by atoms with E-state index in [0.717, 1.165) is 29.6 Å². The van der Waals surface area contributed by atoms with Crippen LogP contribution in [0.1, 0.15) is 12.5 Å². The molecule has 0 saturated carbocycles. The van der Waals surface area contributed by atoms with E-state index in [4.69, 9.17) is 9.47 Å². The second-order valence-electron chi connectivity index (χ2n) is 6.29. The fourth-order valence-corrected chi connectivity index (χ4v) is 2.76. The van der Waals surface area contributed by atoms with Gasteiger partial charge in [0, 0.05) is 38.9 Å². The number of ether oxygens (including phenoxy) is 2. The molecule has 0 bridgehead atoms. The summed E-state index contributed by atoms with van der Waals surface area (Å²) in [5.41, 5.74) is 2.32. The number of nitrogens with zero attached hydrogens (tertiary/aromatic N) is 2. The summed E-state index contributed by atoms with van der Waals surface area (Å²) in [5.74, 6) is 2.37. The largest absolute Gasteiger partial charge is 0.454 e. The van der Waals surface area contributed by atoms with Crippen LogP contribution >= 0.6 is 0 Å². The highest BCUT2D eigenvalue weighted by Crippen LogP contribution is 2.32. The van der Waals surface area contributed by atoms with Gasteiger partial charge < -0.3 is 25.0 Å². The Hall–Kier alpha value is -2.89. The van der Waals surface area contributed by atoms with E-state index in [0.29, 0.717) is 19.4 Å². The number of hydrogen-bond donors (Lipinski definition) is 2. The Balaban J connectivity index is 1.49. The third kappa shape index (κ3) is 4.39. The molecular formula is C20H26N4O2. The summed E-state index contributed by atoms with van der Waals surface area (Å²) < 4.78 is 10.8. The van der Waals surface area contributed by atoms with Crippen molar-refractivity contribution in [2.45, 2.75) is 19.5 Å². The van der Waals surface area contributed by atoms with Gasteiger partial charge in [0.05, 0.1) is 0 Å². The molecule has 0 fully saturated rings. The minimum Gasteiger partial charge on any atom is -0.454 e. The lowest BCUT2D eigenvalue weighted by atomic mass is 10.2. The van der Waals surface area contributed by atoms with E-state index in [2.05, 4.69) is 58.8 Å². The third-order valence-electron chi connectivity index (χ3n) is 4.51. The fourth-order valence-electron chi connectivity index (χ4n) is 2.76. The van der Waals surface area contributed by atoms with Gasteiger partial charge in [0.15, 0.2) is 17.5 Å². The van der Waals surface area contributed by atoms with Crippen molar-refractivity contribution in [1.82, 2.24) is 10.6 Å². The lowest BCUT2D eigenvalue weighted by molar-refractivity contribution is 0.174.